The van der Waals surface area contributed by atoms with Gasteiger partial charge in [0.05, 0.1) is 5.02 Å². The van der Waals surface area contributed by atoms with Gasteiger partial charge in [-0.1, -0.05) is 11.6 Å². The Morgan fingerprint density at radius 1 is 1.14 bits per heavy atom. The van der Waals surface area contributed by atoms with Gasteiger partial charge in [0, 0.05) is 21.8 Å². The van der Waals surface area contributed by atoms with E-state index in [0.717, 1.165) is 11.3 Å². The van der Waals surface area contributed by atoms with E-state index in [1.807, 2.05) is 0 Å². The van der Waals surface area contributed by atoms with Crippen LogP contribution in [0.5, 0.6) is 11.5 Å². The number of fused-ring (bicyclic) bond motifs is 2. The van der Waals surface area contributed by atoms with Gasteiger partial charge in [-0.25, -0.2) is 9.18 Å². The minimum absolute atomic E-state index is 0.120. The Labute approximate surface area is 167 Å². The first kappa shape index (κ1) is 18.5. The third-order valence-electron chi connectivity index (χ3n) is 3.94. The van der Waals surface area contributed by atoms with E-state index >= 15 is 0 Å². The number of anilines is 1. The van der Waals surface area contributed by atoms with Crippen LogP contribution >= 0.6 is 22.9 Å². The quantitative estimate of drug-likeness (QED) is 0.637. The molecule has 2 heterocycles. The van der Waals surface area contributed by atoms with Crippen LogP contribution in [0.4, 0.5) is 10.1 Å². The van der Waals surface area contributed by atoms with Crippen molar-refractivity contribution >= 4 is 50.6 Å². The summed E-state index contributed by atoms with van der Waals surface area (Å²) < 4.78 is 29.8. The summed E-state index contributed by atoms with van der Waals surface area (Å²) in [6, 6.07) is 9.02. The molecule has 4 rings (SSSR count). The van der Waals surface area contributed by atoms with E-state index in [1.165, 1.54) is 18.2 Å². The lowest BCUT2D eigenvalue weighted by Gasteiger charge is -2.19. The van der Waals surface area contributed by atoms with E-state index in [2.05, 4.69) is 5.32 Å². The molecule has 1 amide bonds. The highest BCUT2D eigenvalue weighted by molar-refractivity contribution is 7.21. The van der Waals surface area contributed by atoms with Gasteiger partial charge < -0.3 is 19.5 Å². The predicted molar refractivity (Wildman–Crippen MR) is 103 cm³/mol. The lowest BCUT2D eigenvalue weighted by molar-refractivity contribution is -0.119. The zero-order chi connectivity index (χ0) is 19.7. The largest absolute Gasteiger partial charge is 0.486 e. The van der Waals surface area contributed by atoms with E-state index in [4.69, 9.17) is 25.8 Å². The molecule has 1 N–H and O–H groups in total. The number of halogens is 2. The summed E-state index contributed by atoms with van der Waals surface area (Å²) in [5, 5.41) is 3.35. The van der Waals surface area contributed by atoms with Gasteiger partial charge in [-0.15, -0.1) is 11.3 Å². The van der Waals surface area contributed by atoms with Crippen LogP contribution in [-0.4, -0.2) is 31.7 Å². The highest BCUT2D eigenvalue weighted by Crippen LogP contribution is 2.36. The van der Waals surface area contributed by atoms with E-state index in [9.17, 15) is 14.0 Å². The number of nitrogens with one attached hydrogen (secondary N) is 1. The summed E-state index contributed by atoms with van der Waals surface area (Å²) >= 11 is 7.19. The average molecular weight is 422 g/mol. The molecule has 144 valence electrons. The fourth-order valence-electron chi connectivity index (χ4n) is 2.69. The molecule has 0 saturated carbocycles. The molecule has 0 saturated heterocycles. The van der Waals surface area contributed by atoms with Crippen LogP contribution in [-0.2, 0) is 9.53 Å². The van der Waals surface area contributed by atoms with Gasteiger partial charge in [0.25, 0.3) is 5.91 Å². The molecule has 0 fully saturated rings. The first-order valence-electron chi connectivity index (χ1n) is 8.25. The summed E-state index contributed by atoms with van der Waals surface area (Å²) in [4.78, 5) is 24.5. The molecule has 6 nitrogen and oxygen atoms in total. The van der Waals surface area contributed by atoms with Crippen LogP contribution in [0.15, 0.2) is 36.4 Å². The minimum atomic E-state index is -0.746. The molecule has 2 aromatic carbocycles. The second-order valence-corrected chi connectivity index (χ2v) is 7.30. The van der Waals surface area contributed by atoms with Crippen LogP contribution in [0.1, 0.15) is 9.67 Å². The Hall–Kier alpha value is -2.84. The number of thiophene rings is 1. The number of ether oxygens (including phenoxy) is 3. The molecular weight excluding hydrogens is 409 g/mol. The van der Waals surface area contributed by atoms with Gasteiger partial charge in [0.2, 0.25) is 0 Å². The summed E-state index contributed by atoms with van der Waals surface area (Å²) in [6.45, 7) is 0.412. The minimum Gasteiger partial charge on any atom is -0.486 e. The Morgan fingerprint density at radius 3 is 2.75 bits per heavy atom. The van der Waals surface area contributed by atoms with Crippen molar-refractivity contribution in [2.24, 2.45) is 0 Å². The van der Waals surface area contributed by atoms with Gasteiger partial charge in [0.1, 0.15) is 23.9 Å². The molecule has 9 heteroatoms. The van der Waals surface area contributed by atoms with Crippen molar-refractivity contribution < 1.29 is 28.2 Å². The van der Waals surface area contributed by atoms with Crippen molar-refractivity contribution in [3.05, 3.63) is 52.1 Å². The van der Waals surface area contributed by atoms with E-state index in [-0.39, 0.29) is 9.90 Å². The van der Waals surface area contributed by atoms with Crippen molar-refractivity contribution in [2.45, 2.75) is 0 Å². The summed E-state index contributed by atoms with van der Waals surface area (Å²) in [7, 11) is 0. The lowest BCUT2D eigenvalue weighted by Crippen LogP contribution is -2.21. The zero-order valence-corrected chi connectivity index (χ0v) is 15.9. The summed E-state index contributed by atoms with van der Waals surface area (Å²) in [5.74, 6) is -0.557. The van der Waals surface area contributed by atoms with Crippen LogP contribution in [0, 0.1) is 5.82 Å². The standard InChI is InChI=1S/C19H13ClFNO5S/c20-17-12-3-1-10(21)7-15(12)28-18(17)19(24)27-9-16(23)22-11-2-4-13-14(8-11)26-6-5-25-13/h1-4,7-8H,5-6,9H2,(H,22,23). The normalized spacial score (nSPS) is 12.6. The third-order valence-corrected chi connectivity index (χ3v) is 5.57. The number of rotatable bonds is 4. The number of esters is 1. The Morgan fingerprint density at radius 2 is 1.93 bits per heavy atom. The number of benzene rings is 2. The molecule has 0 aliphatic carbocycles. The maximum Gasteiger partial charge on any atom is 0.350 e. The van der Waals surface area contributed by atoms with Crippen LogP contribution < -0.4 is 14.8 Å². The molecule has 1 aromatic heterocycles. The average Bonchev–Trinajstić information content (AvgIpc) is 3.02. The Balaban J connectivity index is 1.39. The summed E-state index contributed by atoms with van der Waals surface area (Å²) in [6.07, 6.45) is 0. The predicted octanol–water partition coefficient (Wildman–Crippen LogP) is 4.26. The highest BCUT2D eigenvalue weighted by Gasteiger charge is 2.20. The number of amides is 1. The maximum atomic E-state index is 13.3. The molecule has 0 radical (unpaired) electrons. The summed E-state index contributed by atoms with van der Waals surface area (Å²) in [5.41, 5.74) is 0.487. The van der Waals surface area contributed by atoms with Gasteiger partial charge in [-0.05, 0) is 30.3 Å². The van der Waals surface area contributed by atoms with Crippen LogP contribution in [0.3, 0.4) is 0 Å². The second kappa shape index (κ2) is 7.65. The van der Waals surface area contributed by atoms with Crippen molar-refractivity contribution in [1.29, 1.82) is 0 Å². The SMILES string of the molecule is O=C(COC(=O)c1sc2cc(F)ccc2c1Cl)Nc1ccc2c(c1)OCCO2. The van der Waals surface area contributed by atoms with Crippen molar-refractivity contribution in [3.8, 4) is 11.5 Å². The van der Waals surface area contributed by atoms with Crippen LogP contribution in [0.25, 0.3) is 10.1 Å². The molecule has 0 bridgehead atoms. The number of carbonyl (C=O) groups is 2. The Kier molecular flexibility index (Phi) is 5.06. The molecule has 1 aliphatic rings. The molecule has 1 aliphatic heterocycles. The smallest absolute Gasteiger partial charge is 0.350 e. The topological polar surface area (TPSA) is 73.9 Å². The molecule has 0 spiro atoms. The lowest BCUT2D eigenvalue weighted by atomic mass is 10.2. The number of carbonyl (C=O) groups excluding carboxylic acids is 2. The van der Waals surface area contributed by atoms with Crippen LogP contribution in [0.2, 0.25) is 5.02 Å². The van der Waals surface area contributed by atoms with Gasteiger partial charge >= 0.3 is 5.97 Å². The fraction of sp³-hybridized carbons (Fsp3) is 0.158. The van der Waals surface area contributed by atoms with E-state index in [0.29, 0.717) is 40.5 Å². The van der Waals surface area contributed by atoms with E-state index < -0.39 is 24.3 Å². The first-order chi connectivity index (χ1) is 13.5. The van der Waals surface area contributed by atoms with Crippen molar-refractivity contribution in [2.75, 3.05) is 25.1 Å². The first-order valence-corrected chi connectivity index (χ1v) is 9.45. The molecule has 3 aromatic rings. The van der Waals surface area contributed by atoms with Crippen molar-refractivity contribution in [1.82, 2.24) is 0 Å². The fourth-order valence-corrected chi connectivity index (χ4v) is 4.11. The molecular formula is C19H13ClFNO5S. The Bertz CT molecular complexity index is 1080. The second-order valence-electron chi connectivity index (χ2n) is 5.87. The van der Waals surface area contributed by atoms with Gasteiger partial charge in [-0.3, -0.25) is 4.79 Å². The maximum absolute atomic E-state index is 13.3. The molecule has 0 unspecified atom stereocenters. The number of hydrogen-bond acceptors (Lipinski definition) is 6. The third kappa shape index (κ3) is 3.74. The monoisotopic (exact) mass is 421 g/mol. The zero-order valence-electron chi connectivity index (χ0n) is 14.3. The van der Waals surface area contributed by atoms with E-state index in [1.54, 1.807) is 18.2 Å². The van der Waals surface area contributed by atoms with Gasteiger partial charge in [-0.2, -0.15) is 0 Å². The molecule has 0 atom stereocenters. The number of hydrogen-bond donors (Lipinski definition) is 1. The molecule has 28 heavy (non-hydrogen) atoms. The van der Waals surface area contributed by atoms with Gasteiger partial charge in [0.15, 0.2) is 18.1 Å². The van der Waals surface area contributed by atoms with Crippen molar-refractivity contribution in [3.63, 3.8) is 0 Å². The highest BCUT2D eigenvalue weighted by atomic mass is 35.5.